The van der Waals surface area contributed by atoms with Crippen molar-refractivity contribution in [2.45, 2.75) is 13.3 Å². The fourth-order valence-corrected chi connectivity index (χ4v) is 1.02. The summed E-state index contributed by atoms with van der Waals surface area (Å²) in [5, 5.41) is 11.5. The second-order valence-corrected chi connectivity index (χ2v) is 2.65. The Balaban J connectivity index is 2.53. The number of hydrogen-bond acceptors (Lipinski definition) is 2. The van der Waals surface area contributed by atoms with Crippen LogP contribution in [-0.4, -0.2) is 6.54 Å². The van der Waals surface area contributed by atoms with E-state index in [0.29, 0.717) is 6.42 Å². The molecule has 0 heterocycles. The van der Waals surface area contributed by atoms with Gasteiger partial charge in [-0.1, -0.05) is 18.2 Å². The normalized spacial score (nSPS) is 9.00. The molecule has 0 saturated carbocycles. The summed E-state index contributed by atoms with van der Waals surface area (Å²) in [4.78, 5) is 0. The van der Waals surface area contributed by atoms with Crippen molar-refractivity contribution in [2.75, 3.05) is 11.9 Å². The zero-order valence-corrected chi connectivity index (χ0v) is 7.17. The molecule has 1 aromatic rings. The van der Waals surface area contributed by atoms with Crippen molar-refractivity contribution in [2.24, 2.45) is 0 Å². The largest absolute Gasteiger partial charge is 0.384 e. The Morgan fingerprint density at radius 2 is 2.17 bits per heavy atom. The van der Waals surface area contributed by atoms with Crippen LogP contribution >= 0.6 is 0 Å². The van der Waals surface area contributed by atoms with E-state index in [2.05, 4.69) is 24.4 Å². The summed E-state index contributed by atoms with van der Waals surface area (Å²) in [6.45, 7) is 2.77. The number of benzene rings is 1. The van der Waals surface area contributed by atoms with Crippen LogP contribution in [0.15, 0.2) is 24.3 Å². The minimum Gasteiger partial charge on any atom is -0.384 e. The van der Waals surface area contributed by atoms with Crippen LogP contribution < -0.4 is 5.32 Å². The van der Waals surface area contributed by atoms with Crippen molar-refractivity contribution in [3.63, 3.8) is 0 Å². The number of para-hydroxylation sites is 1. The molecule has 0 aliphatic rings. The molecule has 0 saturated heterocycles. The highest BCUT2D eigenvalue weighted by atomic mass is 14.9. The lowest BCUT2D eigenvalue weighted by molar-refractivity contribution is 1.07. The standard InChI is InChI=1S/C10H12N2/c1-9-5-2-3-6-10(9)12-8-4-7-11/h2-3,5-6,12H,4,8H2,1H3. The summed E-state index contributed by atoms with van der Waals surface area (Å²) in [6.07, 6.45) is 0.550. The molecule has 0 fully saturated rings. The average molecular weight is 160 g/mol. The molecule has 2 nitrogen and oxygen atoms in total. The number of anilines is 1. The molecular weight excluding hydrogens is 148 g/mol. The Kier molecular flexibility index (Phi) is 3.16. The first-order valence-corrected chi connectivity index (χ1v) is 4.01. The van der Waals surface area contributed by atoms with Crippen LogP contribution in [0.3, 0.4) is 0 Å². The van der Waals surface area contributed by atoms with Crippen LogP contribution in [0.5, 0.6) is 0 Å². The van der Waals surface area contributed by atoms with Gasteiger partial charge in [0, 0.05) is 12.2 Å². The highest BCUT2D eigenvalue weighted by molar-refractivity contribution is 5.50. The van der Waals surface area contributed by atoms with Gasteiger partial charge in [-0.3, -0.25) is 0 Å². The molecule has 0 radical (unpaired) electrons. The first-order valence-electron chi connectivity index (χ1n) is 4.01. The third-order valence-corrected chi connectivity index (χ3v) is 1.70. The maximum Gasteiger partial charge on any atom is 0.0640 e. The van der Waals surface area contributed by atoms with Crippen molar-refractivity contribution in [3.05, 3.63) is 29.8 Å². The molecule has 0 amide bonds. The highest BCUT2D eigenvalue weighted by Gasteiger charge is 1.93. The highest BCUT2D eigenvalue weighted by Crippen LogP contribution is 2.12. The van der Waals surface area contributed by atoms with Gasteiger partial charge in [-0.15, -0.1) is 0 Å². The molecule has 1 N–H and O–H groups in total. The summed E-state index contributed by atoms with van der Waals surface area (Å²) in [7, 11) is 0. The molecule has 0 unspecified atom stereocenters. The molecule has 1 aromatic carbocycles. The van der Waals surface area contributed by atoms with Crippen LogP contribution in [0.1, 0.15) is 12.0 Å². The second-order valence-electron chi connectivity index (χ2n) is 2.65. The Bertz CT molecular complexity index is 286. The number of hydrogen-bond donors (Lipinski definition) is 1. The molecule has 2 heteroatoms. The lowest BCUT2D eigenvalue weighted by atomic mass is 10.2. The molecule has 0 aromatic heterocycles. The minimum atomic E-state index is 0.550. The van der Waals surface area contributed by atoms with Gasteiger partial charge in [0.2, 0.25) is 0 Å². The van der Waals surface area contributed by atoms with Gasteiger partial charge in [0.1, 0.15) is 0 Å². The molecule has 62 valence electrons. The third kappa shape index (κ3) is 2.28. The number of nitrogens with zero attached hydrogens (tertiary/aromatic N) is 1. The Labute approximate surface area is 72.8 Å². The number of aryl methyl sites for hydroxylation is 1. The van der Waals surface area contributed by atoms with Gasteiger partial charge >= 0.3 is 0 Å². The maximum atomic E-state index is 8.32. The lowest BCUT2D eigenvalue weighted by Crippen LogP contribution is -2.01. The van der Waals surface area contributed by atoms with Crippen LogP contribution in [0, 0.1) is 18.3 Å². The summed E-state index contributed by atoms with van der Waals surface area (Å²) in [6, 6.07) is 10.2. The van der Waals surface area contributed by atoms with E-state index in [4.69, 9.17) is 5.26 Å². The predicted octanol–water partition coefficient (Wildman–Crippen LogP) is 2.32. The van der Waals surface area contributed by atoms with Crippen LogP contribution in [0.25, 0.3) is 0 Å². The van der Waals surface area contributed by atoms with Crippen LogP contribution in [0.4, 0.5) is 5.69 Å². The molecule has 0 aliphatic heterocycles. The Hall–Kier alpha value is -1.49. The first kappa shape index (κ1) is 8.61. The van der Waals surface area contributed by atoms with Crippen molar-refractivity contribution in [3.8, 4) is 6.07 Å². The molecule has 0 bridgehead atoms. The summed E-state index contributed by atoms with van der Waals surface area (Å²) < 4.78 is 0. The van der Waals surface area contributed by atoms with Crippen molar-refractivity contribution < 1.29 is 0 Å². The van der Waals surface area contributed by atoms with Crippen molar-refractivity contribution in [1.82, 2.24) is 0 Å². The zero-order valence-electron chi connectivity index (χ0n) is 7.17. The lowest BCUT2D eigenvalue weighted by Gasteiger charge is -2.06. The number of nitriles is 1. The van der Waals surface area contributed by atoms with E-state index >= 15 is 0 Å². The Morgan fingerprint density at radius 1 is 1.42 bits per heavy atom. The second kappa shape index (κ2) is 4.40. The van der Waals surface area contributed by atoms with E-state index in [1.165, 1.54) is 5.56 Å². The molecule has 0 atom stereocenters. The van der Waals surface area contributed by atoms with Gasteiger partial charge in [0.05, 0.1) is 12.5 Å². The fourth-order valence-electron chi connectivity index (χ4n) is 1.02. The zero-order chi connectivity index (χ0) is 8.81. The molecule has 0 aliphatic carbocycles. The summed E-state index contributed by atoms with van der Waals surface area (Å²) in [5.41, 5.74) is 2.34. The molecular formula is C10H12N2. The summed E-state index contributed by atoms with van der Waals surface area (Å²) in [5.74, 6) is 0. The van der Waals surface area contributed by atoms with Crippen LogP contribution in [0.2, 0.25) is 0 Å². The molecule has 1 rings (SSSR count). The molecule has 0 spiro atoms. The molecule has 12 heavy (non-hydrogen) atoms. The predicted molar refractivity (Wildman–Crippen MR) is 49.9 cm³/mol. The van der Waals surface area contributed by atoms with E-state index in [-0.39, 0.29) is 0 Å². The number of rotatable bonds is 3. The van der Waals surface area contributed by atoms with Gasteiger partial charge in [-0.05, 0) is 18.6 Å². The van der Waals surface area contributed by atoms with Crippen molar-refractivity contribution in [1.29, 1.82) is 5.26 Å². The van der Waals surface area contributed by atoms with Gasteiger partial charge < -0.3 is 5.32 Å². The third-order valence-electron chi connectivity index (χ3n) is 1.70. The number of nitrogens with one attached hydrogen (secondary N) is 1. The van der Waals surface area contributed by atoms with Gasteiger partial charge in [0.25, 0.3) is 0 Å². The van der Waals surface area contributed by atoms with E-state index in [0.717, 1.165) is 12.2 Å². The SMILES string of the molecule is Cc1ccccc1NCCC#N. The minimum absolute atomic E-state index is 0.550. The Morgan fingerprint density at radius 3 is 2.83 bits per heavy atom. The van der Waals surface area contributed by atoms with E-state index < -0.39 is 0 Å². The van der Waals surface area contributed by atoms with E-state index in [1.54, 1.807) is 0 Å². The smallest absolute Gasteiger partial charge is 0.0640 e. The van der Waals surface area contributed by atoms with Gasteiger partial charge in [-0.2, -0.15) is 5.26 Å². The van der Waals surface area contributed by atoms with Gasteiger partial charge in [0.15, 0.2) is 0 Å². The van der Waals surface area contributed by atoms with Crippen LogP contribution in [-0.2, 0) is 0 Å². The van der Waals surface area contributed by atoms with Gasteiger partial charge in [-0.25, -0.2) is 0 Å². The fraction of sp³-hybridized carbons (Fsp3) is 0.300. The monoisotopic (exact) mass is 160 g/mol. The van der Waals surface area contributed by atoms with Crippen molar-refractivity contribution >= 4 is 5.69 Å². The topological polar surface area (TPSA) is 35.8 Å². The quantitative estimate of drug-likeness (QED) is 0.689. The maximum absolute atomic E-state index is 8.32. The average Bonchev–Trinajstić information content (AvgIpc) is 2.09. The van der Waals surface area contributed by atoms with E-state index in [1.807, 2.05) is 18.2 Å². The first-order chi connectivity index (χ1) is 5.84. The van der Waals surface area contributed by atoms with E-state index in [9.17, 15) is 0 Å². The summed E-state index contributed by atoms with van der Waals surface area (Å²) >= 11 is 0.